The van der Waals surface area contributed by atoms with Gasteiger partial charge in [-0.1, -0.05) is 6.92 Å². The number of rotatable bonds is 4. The molecule has 0 aliphatic heterocycles. The smallest absolute Gasteiger partial charge is 0.202 e. The number of aromatic nitrogens is 4. The van der Waals surface area contributed by atoms with Gasteiger partial charge in [0.2, 0.25) is 5.13 Å². The van der Waals surface area contributed by atoms with Crippen molar-refractivity contribution in [1.82, 2.24) is 19.1 Å². The van der Waals surface area contributed by atoms with E-state index in [1.54, 1.807) is 6.33 Å². The van der Waals surface area contributed by atoms with Crippen LogP contribution in [0.15, 0.2) is 12.5 Å². The third-order valence-electron chi connectivity index (χ3n) is 2.12. The molecule has 2 heterocycles. The van der Waals surface area contributed by atoms with Crippen molar-refractivity contribution in [2.24, 2.45) is 7.05 Å². The molecule has 0 unspecified atom stereocenters. The third-order valence-corrected chi connectivity index (χ3v) is 2.74. The Morgan fingerprint density at radius 2 is 2.40 bits per heavy atom. The molecule has 5 nitrogen and oxygen atoms in total. The molecule has 80 valence electrons. The number of nitrogens with one attached hydrogen (secondary N) is 1. The maximum atomic E-state index is 4.37. The lowest BCUT2D eigenvalue weighted by molar-refractivity contribution is 0.746. The third kappa shape index (κ3) is 2.33. The average molecular weight is 223 g/mol. The summed E-state index contributed by atoms with van der Waals surface area (Å²) >= 11 is 1.36. The van der Waals surface area contributed by atoms with Crippen LogP contribution in [0, 0.1) is 0 Å². The predicted octanol–water partition coefficient (Wildman–Crippen LogP) is 1.45. The topological polar surface area (TPSA) is 55.6 Å². The molecule has 6 heteroatoms. The maximum absolute atomic E-state index is 4.37. The van der Waals surface area contributed by atoms with Gasteiger partial charge in [0.1, 0.15) is 6.33 Å². The van der Waals surface area contributed by atoms with Crippen molar-refractivity contribution < 1.29 is 0 Å². The number of anilines is 1. The van der Waals surface area contributed by atoms with Crippen molar-refractivity contribution >= 4 is 16.7 Å². The highest BCUT2D eigenvalue weighted by molar-refractivity contribution is 7.09. The largest absolute Gasteiger partial charge is 0.356 e. The van der Waals surface area contributed by atoms with Crippen LogP contribution in [-0.2, 0) is 20.0 Å². The maximum Gasteiger partial charge on any atom is 0.202 e. The Bertz CT molecular complexity index is 420. The SMILES string of the molecule is CCc1nn(C)cc1CNc1ncns1. The van der Waals surface area contributed by atoms with E-state index in [9.17, 15) is 0 Å². The first-order chi connectivity index (χ1) is 7.29. The fourth-order valence-electron chi connectivity index (χ4n) is 1.45. The molecular weight excluding hydrogens is 210 g/mol. The second kappa shape index (κ2) is 4.39. The molecular formula is C9H13N5S. The Morgan fingerprint density at radius 1 is 1.53 bits per heavy atom. The van der Waals surface area contributed by atoms with E-state index in [4.69, 9.17) is 0 Å². The van der Waals surface area contributed by atoms with Gasteiger partial charge in [0, 0.05) is 36.9 Å². The molecule has 0 bridgehead atoms. The van der Waals surface area contributed by atoms with Crippen LogP contribution in [0.5, 0.6) is 0 Å². The molecule has 0 aliphatic rings. The normalized spacial score (nSPS) is 10.5. The van der Waals surface area contributed by atoms with Gasteiger partial charge < -0.3 is 5.32 Å². The second-order valence-corrected chi connectivity index (χ2v) is 4.01. The number of nitrogens with zero attached hydrogens (tertiary/aromatic N) is 4. The van der Waals surface area contributed by atoms with Crippen molar-refractivity contribution in [1.29, 1.82) is 0 Å². The van der Waals surface area contributed by atoms with Crippen molar-refractivity contribution in [3.63, 3.8) is 0 Å². The van der Waals surface area contributed by atoms with Gasteiger partial charge in [-0.15, -0.1) is 0 Å². The number of hydrogen-bond acceptors (Lipinski definition) is 5. The van der Waals surface area contributed by atoms with Crippen molar-refractivity contribution in [3.8, 4) is 0 Å². The van der Waals surface area contributed by atoms with Crippen LogP contribution in [0.4, 0.5) is 5.13 Å². The minimum atomic E-state index is 0.756. The summed E-state index contributed by atoms with van der Waals surface area (Å²) in [6.07, 6.45) is 4.54. The van der Waals surface area contributed by atoms with Crippen molar-refractivity contribution in [3.05, 3.63) is 23.8 Å². The minimum Gasteiger partial charge on any atom is -0.356 e. The molecule has 0 saturated heterocycles. The van der Waals surface area contributed by atoms with E-state index < -0.39 is 0 Å². The summed E-state index contributed by atoms with van der Waals surface area (Å²) in [6.45, 7) is 2.86. The van der Waals surface area contributed by atoms with Gasteiger partial charge in [-0.05, 0) is 6.42 Å². The zero-order valence-corrected chi connectivity index (χ0v) is 9.58. The fraction of sp³-hybridized carbons (Fsp3) is 0.444. The lowest BCUT2D eigenvalue weighted by Crippen LogP contribution is -2.00. The first-order valence-corrected chi connectivity index (χ1v) is 5.59. The van der Waals surface area contributed by atoms with Crippen LogP contribution in [0.25, 0.3) is 0 Å². The molecule has 2 rings (SSSR count). The standard InChI is InChI=1S/C9H13N5S/c1-3-8-7(5-14(2)13-8)4-10-9-11-6-12-15-9/h5-6H,3-4H2,1-2H3,(H,10,11,12). The summed E-state index contributed by atoms with van der Waals surface area (Å²) in [6, 6.07) is 0. The van der Waals surface area contributed by atoms with Gasteiger partial charge >= 0.3 is 0 Å². The monoisotopic (exact) mass is 223 g/mol. The highest BCUT2D eigenvalue weighted by Gasteiger charge is 2.05. The van der Waals surface area contributed by atoms with Gasteiger partial charge in [-0.25, -0.2) is 4.98 Å². The Balaban J connectivity index is 2.04. The van der Waals surface area contributed by atoms with E-state index in [1.807, 2.05) is 17.9 Å². The Labute approximate surface area is 92.3 Å². The van der Waals surface area contributed by atoms with Crippen LogP contribution in [0.3, 0.4) is 0 Å². The highest BCUT2D eigenvalue weighted by atomic mass is 32.1. The molecule has 2 aromatic heterocycles. The average Bonchev–Trinajstić information content (AvgIpc) is 2.83. The highest BCUT2D eigenvalue weighted by Crippen LogP contribution is 2.12. The van der Waals surface area contributed by atoms with Gasteiger partial charge in [-0.3, -0.25) is 4.68 Å². The molecule has 0 aliphatic carbocycles. The van der Waals surface area contributed by atoms with Gasteiger partial charge in [-0.2, -0.15) is 9.47 Å². The zero-order chi connectivity index (χ0) is 10.7. The van der Waals surface area contributed by atoms with E-state index >= 15 is 0 Å². The summed E-state index contributed by atoms with van der Waals surface area (Å²) in [5.74, 6) is 0. The summed E-state index contributed by atoms with van der Waals surface area (Å²) in [5, 5.41) is 8.44. The number of hydrogen-bond donors (Lipinski definition) is 1. The molecule has 0 amide bonds. The molecule has 15 heavy (non-hydrogen) atoms. The molecule has 0 atom stereocenters. The van der Waals surface area contributed by atoms with E-state index in [2.05, 4.69) is 26.7 Å². The Hall–Kier alpha value is -1.43. The molecule has 2 aromatic rings. The quantitative estimate of drug-likeness (QED) is 0.852. The molecule has 0 fully saturated rings. The van der Waals surface area contributed by atoms with Crippen LogP contribution in [0.2, 0.25) is 0 Å². The summed E-state index contributed by atoms with van der Waals surface area (Å²) in [5.41, 5.74) is 2.35. The zero-order valence-electron chi connectivity index (χ0n) is 8.77. The summed E-state index contributed by atoms with van der Waals surface area (Å²) < 4.78 is 5.77. The Morgan fingerprint density at radius 3 is 3.07 bits per heavy atom. The van der Waals surface area contributed by atoms with Gasteiger partial charge in [0.05, 0.1) is 5.69 Å². The summed E-state index contributed by atoms with van der Waals surface area (Å²) in [7, 11) is 1.94. The summed E-state index contributed by atoms with van der Waals surface area (Å²) in [4.78, 5) is 4.06. The van der Waals surface area contributed by atoms with Gasteiger partial charge in [0.15, 0.2) is 0 Å². The van der Waals surface area contributed by atoms with E-state index in [0.29, 0.717) is 0 Å². The van der Waals surface area contributed by atoms with Gasteiger partial charge in [0.25, 0.3) is 0 Å². The second-order valence-electron chi connectivity index (χ2n) is 3.23. The van der Waals surface area contributed by atoms with Crippen LogP contribution < -0.4 is 5.32 Å². The molecule has 0 spiro atoms. The van der Waals surface area contributed by atoms with Crippen molar-refractivity contribution in [2.45, 2.75) is 19.9 Å². The van der Waals surface area contributed by atoms with E-state index in [0.717, 1.165) is 23.8 Å². The van der Waals surface area contributed by atoms with E-state index in [1.165, 1.54) is 17.1 Å². The first kappa shape index (κ1) is 10.1. The molecule has 0 saturated carbocycles. The van der Waals surface area contributed by atoms with Crippen LogP contribution in [0.1, 0.15) is 18.2 Å². The van der Waals surface area contributed by atoms with Crippen LogP contribution >= 0.6 is 11.5 Å². The lowest BCUT2D eigenvalue weighted by atomic mass is 10.2. The first-order valence-electron chi connectivity index (χ1n) is 4.81. The van der Waals surface area contributed by atoms with Crippen molar-refractivity contribution in [2.75, 3.05) is 5.32 Å². The van der Waals surface area contributed by atoms with Crippen LogP contribution in [-0.4, -0.2) is 19.1 Å². The fourth-order valence-corrected chi connectivity index (χ4v) is 1.88. The Kier molecular flexibility index (Phi) is 2.96. The molecule has 0 aromatic carbocycles. The number of aryl methyl sites for hydroxylation is 2. The minimum absolute atomic E-state index is 0.756. The predicted molar refractivity (Wildman–Crippen MR) is 59.8 cm³/mol. The van der Waals surface area contributed by atoms with E-state index in [-0.39, 0.29) is 0 Å². The molecule has 0 radical (unpaired) electrons. The molecule has 1 N–H and O–H groups in total. The lowest BCUT2D eigenvalue weighted by Gasteiger charge is -2.00.